The first kappa shape index (κ1) is 16.2. The Morgan fingerprint density at radius 3 is 2.63 bits per heavy atom. The van der Waals surface area contributed by atoms with Crippen molar-refractivity contribution in [2.24, 2.45) is 0 Å². The summed E-state index contributed by atoms with van der Waals surface area (Å²) < 4.78 is 0. The monoisotopic (exact) mass is 267 g/mol. The van der Waals surface area contributed by atoms with Crippen LogP contribution in [0, 0.1) is 0 Å². The minimum atomic E-state index is 0.0389. The number of hydrogen-bond acceptors (Lipinski definition) is 3. The van der Waals surface area contributed by atoms with Gasteiger partial charge in [0, 0.05) is 30.7 Å². The van der Waals surface area contributed by atoms with Gasteiger partial charge in [0.05, 0.1) is 0 Å². The van der Waals surface area contributed by atoms with Crippen LogP contribution in [0.4, 0.5) is 0 Å². The molecule has 0 bridgehead atoms. The molecule has 1 aliphatic carbocycles. The first-order chi connectivity index (χ1) is 8.97. The van der Waals surface area contributed by atoms with Crippen LogP contribution in [0.5, 0.6) is 0 Å². The summed E-state index contributed by atoms with van der Waals surface area (Å²) in [6.07, 6.45) is 8.12. The van der Waals surface area contributed by atoms with Crippen molar-refractivity contribution in [3.63, 3.8) is 0 Å². The summed E-state index contributed by atoms with van der Waals surface area (Å²) in [5, 5.41) is 6.68. The van der Waals surface area contributed by atoms with Crippen molar-refractivity contribution in [3.05, 3.63) is 12.2 Å². The van der Waals surface area contributed by atoms with E-state index in [1.807, 2.05) is 25.1 Å². The second-order valence-electron chi connectivity index (χ2n) is 6.06. The van der Waals surface area contributed by atoms with Crippen molar-refractivity contribution >= 4 is 5.91 Å². The van der Waals surface area contributed by atoms with Crippen molar-refractivity contribution in [2.75, 3.05) is 20.6 Å². The SMILES string of the molecule is CC(C)N[C@H]1CCC[C@@H](NC(=O)/C=C/CN(C)C)C1. The Labute approximate surface area is 117 Å². The average Bonchev–Trinajstić information content (AvgIpc) is 2.27. The minimum Gasteiger partial charge on any atom is -0.350 e. The molecule has 0 aliphatic heterocycles. The number of rotatable bonds is 6. The fraction of sp³-hybridized carbons (Fsp3) is 0.800. The molecule has 2 N–H and O–H groups in total. The third kappa shape index (κ3) is 7.33. The summed E-state index contributed by atoms with van der Waals surface area (Å²) in [7, 11) is 3.98. The fourth-order valence-corrected chi connectivity index (χ4v) is 2.56. The fourth-order valence-electron chi connectivity index (χ4n) is 2.56. The van der Waals surface area contributed by atoms with Crippen LogP contribution in [0.15, 0.2) is 12.2 Å². The van der Waals surface area contributed by atoms with E-state index in [1.165, 1.54) is 12.8 Å². The smallest absolute Gasteiger partial charge is 0.243 e. The van der Waals surface area contributed by atoms with Crippen molar-refractivity contribution in [1.29, 1.82) is 0 Å². The van der Waals surface area contributed by atoms with Gasteiger partial charge >= 0.3 is 0 Å². The summed E-state index contributed by atoms with van der Waals surface area (Å²) in [6, 6.07) is 1.38. The van der Waals surface area contributed by atoms with Crippen LogP contribution in [0.1, 0.15) is 39.5 Å². The predicted octanol–water partition coefficient (Wildman–Crippen LogP) is 1.53. The molecule has 4 nitrogen and oxygen atoms in total. The minimum absolute atomic E-state index is 0.0389. The second-order valence-corrected chi connectivity index (χ2v) is 6.06. The Bertz CT molecular complexity index is 300. The highest BCUT2D eigenvalue weighted by atomic mass is 16.1. The Morgan fingerprint density at radius 1 is 1.32 bits per heavy atom. The molecule has 2 atom stereocenters. The van der Waals surface area contributed by atoms with Crippen LogP contribution in [0.25, 0.3) is 0 Å². The van der Waals surface area contributed by atoms with Crippen LogP contribution in [-0.2, 0) is 4.79 Å². The average molecular weight is 267 g/mol. The standard InChI is InChI=1S/C15H29N3O/c1-12(2)16-13-7-5-8-14(11-13)17-15(19)9-6-10-18(3)4/h6,9,12-14,16H,5,7-8,10-11H2,1-4H3,(H,17,19)/b9-6+/t13-,14+/m0/s1. The van der Waals surface area contributed by atoms with Crippen LogP contribution < -0.4 is 10.6 Å². The van der Waals surface area contributed by atoms with Crippen LogP contribution in [0.3, 0.4) is 0 Å². The first-order valence-corrected chi connectivity index (χ1v) is 7.35. The summed E-state index contributed by atoms with van der Waals surface area (Å²) in [5.74, 6) is 0.0389. The summed E-state index contributed by atoms with van der Waals surface area (Å²) >= 11 is 0. The van der Waals surface area contributed by atoms with Gasteiger partial charge < -0.3 is 15.5 Å². The van der Waals surface area contributed by atoms with E-state index in [0.29, 0.717) is 18.1 Å². The van der Waals surface area contributed by atoms with Gasteiger partial charge in [-0.25, -0.2) is 0 Å². The summed E-state index contributed by atoms with van der Waals surface area (Å²) in [6.45, 7) is 5.15. The van der Waals surface area contributed by atoms with E-state index in [-0.39, 0.29) is 5.91 Å². The lowest BCUT2D eigenvalue weighted by atomic mass is 9.90. The highest BCUT2D eigenvalue weighted by molar-refractivity contribution is 5.87. The molecule has 19 heavy (non-hydrogen) atoms. The first-order valence-electron chi connectivity index (χ1n) is 7.35. The van der Waals surface area contributed by atoms with Gasteiger partial charge in [-0.05, 0) is 39.8 Å². The molecule has 1 fully saturated rings. The van der Waals surface area contributed by atoms with Crippen molar-refractivity contribution in [3.8, 4) is 0 Å². The van der Waals surface area contributed by atoms with Gasteiger partial charge in [0.1, 0.15) is 0 Å². The maximum Gasteiger partial charge on any atom is 0.243 e. The Kier molecular flexibility index (Phi) is 7.10. The topological polar surface area (TPSA) is 44.4 Å². The lowest BCUT2D eigenvalue weighted by Crippen LogP contribution is -2.45. The highest BCUT2D eigenvalue weighted by Crippen LogP contribution is 2.19. The van der Waals surface area contributed by atoms with Gasteiger partial charge in [-0.2, -0.15) is 0 Å². The van der Waals surface area contributed by atoms with E-state index in [4.69, 9.17) is 0 Å². The van der Waals surface area contributed by atoms with Gasteiger partial charge in [0.25, 0.3) is 0 Å². The molecule has 0 aromatic carbocycles. The number of carbonyl (C=O) groups excluding carboxylic acids is 1. The zero-order valence-electron chi connectivity index (χ0n) is 12.8. The van der Waals surface area contributed by atoms with Gasteiger partial charge in [-0.3, -0.25) is 4.79 Å². The molecule has 1 amide bonds. The zero-order valence-corrected chi connectivity index (χ0v) is 12.8. The Balaban J connectivity index is 2.31. The molecular formula is C15H29N3O. The van der Waals surface area contributed by atoms with E-state index in [0.717, 1.165) is 19.4 Å². The van der Waals surface area contributed by atoms with Crippen molar-refractivity contribution in [1.82, 2.24) is 15.5 Å². The van der Waals surface area contributed by atoms with E-state index in [9.17, 15) is 4.79 Å². The molecule has 0 spiro atoms. The molecule has 1 saturated carbocycles. The lowest BCUT2D eigenvalue weighted by molar-refractivity contribution is -0.117. The maximum atomic E-state index is 11.8. The van der Waals surface area contributed by atoms with E-state index in [2.05, 4.69) is 24.5 Å². The van der Waals surface area contributed by atoms with Crippen molar-refractivity contribution < 1.29 is 4.79 Å². The van der Waals surface area contributed by atoms with Crippen LogP contribution in [0.2, 0.25) is 0 Å². The molecule has 0 heterocycles. The third-order valence-corrected chi connectivity index (χ3v) is 3.33. The van der Waals surface area contributed by atoms with Crippen molar-refractivity contribution in [2.45, 2.75) is 57.7 Å². The van der Waals surface area contributed by atoms with E-state index < -0.39 is 0 Å². The number of hydrogen-bond donors (Lipinski definition) is 2. The maximum absolute atomic E-state index is 11.8. The van der Waals surface area contributed by atoms with E-state index >= 15 is 0 Å². The predicted molar refractivity (Wildman–Crippen MR) is 80.2 cm³/mol. The Morgan fingerprint density at radius 2 is 2.00 bits per heavy atom. The third-order valence-electron chi connectivity index (χ3n) is 3.33. The van der Waals surface area contributed by atoms with Crippen LogP contribution >= 0.6 is 0 Å². The summed E-state index contributed by atoms with van der Waals surface area (Å²) in [4.78, 5) is 13.8. The largest absolute Gasteiger partial charge is 0.350 e. The number of amides is 1. The highest BCUT2D eigenvalue weighted by Gasteiger charge is 2.22. The number of carbonyl (C=O) groups is 1. The quantitative estimate of drug-likeness (QED) is 0.717. The molecule has 1 rings (SSSR count). The lowest BCUT2D eigenvalue weighted by Gasteiger charge is -2.31. The number of nitrogens with one attached hydrogen (secondary N) is 2. The van der Waals surface area contributed by atoms with Gasteiger partial charge in [-0.1, -0.05) is 19.9 Å². The zero-order chi connectivity index (χ0) is 14.3. The summed E-state index contributed by atoms with van der Waals surface area (Å²) in [5.41, 5.74) is 0. The molecule has 4 heteroatoms. The molecular weight excluding hydrogens is 238 g/mol. The molecule has 0 aromatic heterocycles. The molecule has 0 radical (unpaired) electrons. The normalized spacial score (nSPS) is 24.3. The van der Waals surface area contributed by atoms with Crippen LogP contribution in [-0.4, -0.2) is 49.6 Å². The number of nitrogens with zero attached hydrogens (tertiary/aromatic N) is 1. The molecule has 1 aliphatic rings. The number of likely N-dealkylation sites (N-methyl/N-ethyl adjacent to an activating group) is 1. The molecule has 110 valence electrons. The second kappa shape index (κ2) is 8.33. The molecule has 0 unspecified atom stereocenters. The van der Waals surface area contributed by atoms with Gasteiger partial charge in [-0.15, -0.1) is 0 Å². The van der Waals surface area contributed by atoms with E-state index in [1.54, 1.807) is 6.08 Å². The molecule has 0 saturated heterocycles. The van der Waals surface area contributed by atoms with Gasteiger partial charge in [0.15, 0.2) is 0 Å². The van der Waals surface area contributed by atoms with Gasteiger partial charge in [0.2, 0.25) is 5.91 Å². The Hall–Kier alpha value is -0.870. The molecule has 0 aromatic rings.